The second-order valence-electron chi connectivity index (χ2n) is 16.3. The Morgan fingerprint density at radius 2 is 1.57 bits per heavy atom. The van der Waals surface area contributed by atoms with Crippen molar-refractivity contribution in [2.75, 3.05) is 6.61 Å². The maximum Gasteiger partial charge on any atom is 0.310 e. The largest absolute Gasteiger partial charge is 0.481 e. The summed E-state index contributed by atoms with van der Waals surface area (Å²) in [5, 5.41) is 21.2. The molecule has 5 aliphatic carbocycles. The van der Waals surface area contributed by atoms with Gasteiger partial charge < -0.3 is 14.6 Å². The van der Waals surface area contributed by atoms with Crippen LogP contribution in [0.25, 0.3) is 0 Å². The van der Waals surface area contributed by atoms with Crippen LogP contribution in [-0.2, 0) is 28.7 Å². The summed E-state index contributed by atoms with van der Waals surface area (Å²) in [6.45, 7) is 16.5. The summed E-state index contributed by atoms with van der Waals surface area (Å²) in [7, 11) is 0. The number of carboxylic acid groups (broad SMARTS) is 1. The van der Waals surface area contributed by atoms with Gasteiger partial charge in [0.05, 0.1) is 5.41 Å². The fourth-order valence-corrected chi connectivity index (χ4v) is 11.4. The zero-order valence-corrected chi connectivity index (χ0v) is 26.9. The molecular weight excluding hydrogens is 536 g/mol. The second-order valence-corrected chi connectivity index (χ2v) is 16.3. The van der Waals surface area contributed by atoms with Crippen LogP contribution in [0, 0.1) is 50.2 Å². The van der Waals surface area contributed by atoms with Crippen LogP contribution in [-0.4, -0.2) is 47.1 Å². The maximum atomic E-state index is 13.0. The first-order valence-electron chi connectivity index (χ1n) is 16.0. The molecule has 0 radical (unpaired) electrons. The fraction of sp³-hybridized carbons (Fsp3) is 0.853. The van der Waals surface area contributed by atoms with Gasteiger partial charge in [0, 0.05) is 25.2 Å². The third-order valence-electron chi connectivity index (χ3n) is 13.8. The molecule has 0 aromatic rings. The highest BCUT2D eigenvalue weighted by Gasteiger charge is 2.72. The van der Waals surface area contributed by atoms with Gasteiger partial charge in [-0.25, -0.2) is 4.89 Å². The van der Waals surface area contributed by atoms with E-state index in [4.69, 9.17) is 14.4 Å². The van der Waals surface area contributed by atoms with Crippen molar-refractivity contribution >= 4 is 17.9 Å². The first-order valence-corrected chi connectivity index (χ1v) is 16.0. The number of aliphatic carboxylic acids is 1. The van der Waals surface area contributed by atoms with E-state index in [1.807, 2.05) is 0 Å². The molecular formula is C34H52O8. The highest BCUT2D eigenvalue weighted by Crippen LogP contribution is 2.76. The van der Waals surface area contributed by atoms with Gasteiger partial charge in [-0.1, -0.05) is 53.2 Å². The van der Waals surface area contributed by atoms with Crippen molar-refractivity contribution < 1.29 is 39.1 Å². The smallest absolute Gasteiger partial charge is 0.310 e. The SMILES string of the molecule is CC(=O)OCC1(C)C(OC(C)=O)CCC2(C)C1CCC1(C)C2C(OO)C=C2C3CC(C)(C)CCC3(C(=O)O)CCC21C. The molecule has 236 valence electrons. The van der Waals surface area contributed by atoms with Crippen LogP contribution >= 0.6 is 0 Å². The van der Waals surface area contributed by atoms with Crippen molar-refractivity contribution in [1.29, 1.82) is 0 Å². The summed E-state index contributed by atoms with van der Waals surface area (Å²) in [5.74, 6) is -1.52. The van der Waals surface area contributed by atoms with Crippen LogP contribution in [0.15, 0.2) is 11.6 Å². The highest BCUT2D eigenvalue weighted by atomic mass is 17.1. The number of allylic oxidation sites excluding steroid dienone is 1. The molecule has 0 heterocycles. The molecule has 2 N–H and O–H groups in total. The third-order valence-corrected chi connectivity index (χ3v) is 13.8. The van der Waals surface area contributed by atoms with E-state index in [0.717, 1.165) is 38.5 Å². The van der Waals surface area contributed by atoms with Gasteiger partial charge in [0.25, 0.3) is 0 Å². The predicted molar refractivity (Wildman–Crippen MR) is 156 cm³/mol. The average molecular weight is 589 g/mol. The molecule has 10 unspecified atom stereocenters. The Kier molecular flexibility index (Phi) is 7.53. The minimum Gasteiger partial charge on any atom is -0.481 e. The number of rotatable bonds is 5. The van der Waals surface area contributed by atoms with E-state index in [-0.39, 0.29) is 64.1 Å². The second kappa shape index (κ2) is 10.0. The predicted octanol–water partition coefficient (Wildman–Crippen LogP) is 6.82. The van der Waals surface area contributed by atoms with Gasteiger partial charge in [-0.15, -0.1) is 0 Å². The quantitative estimate of drug-likeness (QED) is 0.155. The molecule has 0 spiro atoms. The molecule has 42 heavy (non-hydrogen) atoms. The molecule has 0 aliphatic heterocycles. The first-order chi connectivity index (χ1) is 19.4. The summed E-state index contributed by atoms with van der Waals surface area (Å²) in [6.07, 6.45) is 8.06. The molecule has 0 amide bonds. The number of carboxylic acids is 1. The minimum atomic E-state index is -0.782. The number of hydrogen-bond donors (Lipinski definition) is 2. The van der Waals surface area contributed by atoms with Gasteiger partial charge >= 0.3 is 17.9 Å². The van der Waals surface area contributed by atoms with Crippen molar-refractivity contribution in [2.45, 2.75) is 125 Å². The van der Waals surface area contributed by atoms with E-state index in [2.05, 4.69) is 47.6 Å². The lowest BCUT2D eigenvalue weighted by Crippen LogP contribution is -2.69. The molecule has 0 bridgehead atoms. The maximum absolute atomic E-state index is 13.0. The van der Waals surface area contributed by atoms with Gasteiger partial charge in [-0.2, -0.15) is 0 Å². The van der Waals surface area contributed by atoms with Gasteiger partial charge in [-0.3, -0.25) is 19.6 Å². The molecule has 5 rings (SSSR count). The molecule has 4 saturated carbocycles. The molecule has 10 atom stereocenters. The van der Waals surface area contributed by atoms with Crippen LogP contribution in [0.5, 0.6) is 0 Å². The minimum absolute atomic E-state index is 0.0350. The molecule has 8 nitrogen and oxygen atoms in total. The summed E-state index contributed by atoms with van der Waals surface area (Å²) in [6, 6.07) is 0. The number of carbonyl (C=O) groups excluding carboxylic acids is 2. The molecule has 0 aromatic carbocycles. The fourth-order valence-electron chi connectivity index (χ4n) is 11.4. The topological polar surface area (TPSA) is 119 Å². The standard InChI is InChI=1S/C34H52O8/c1-20(35)40-19-31(6)25-9-12-33(8)27(30(25,5)11-10-26(31)41-21(2)36)24(42-39)17-22-23-18-29(3,4)13-15-34(23,28(37)38)16-14-32(22,33)7/h17,23-27,39H,9-16,18-19H2,1-8H3,(H,37,38). The number of carbonyl (C=O) groups is 3. The van der Waals surface area contributed by atoms with E-state index in [1.165, 1.54) is 19.4 Å². The molecule has 8 heteroatoms. The lowest BCUT2D eigenvalue weighted by Gasteiger charge is -2.72. The van der Waals surface area contributed by atoms with E-state index >= 15 is 0 Å². The average Bonchev–Trinajstić information content (AvgIpc) is 2.89. The number of ether oxygens (including phenoxy) is 2. The zero-order valence-electron chi connectivity index (χ0n) is 26.9. The van der Waals surface area contributed by atoms with Gasteiger partial charge in [-0.05, 0) is 91.3 Å². The first kappa shape index (κ1) is 31.5. The summed E-state index contributed by atoms with van der Waals surface area (Å²) in [5.41, 5.74) is -1.02. The Balaban J connectivity index is 1.63. The number of hydrogen-bond acceptors (Lipinski definition) is 7. The third kappa shape index (κ3) is 4.32. The van der Waals surface area contributed by atoms with Crippen molar-refractivity contribution in [2.24, 2.45) is 50.2 Å². The molecule has 0 aromatic heterocycles. The van der Waals surface area contributed by atoms with Gasteiger partial charge in [0.15, 0.2) is 0 Å². The molecule has 0 saturated heterocycles. The Labute approximate surface area is 250 Å². The van der Waals surface area contributed by atoms with E-state index in [1.54, 1.807) is 0 Å². The van der Waals surface area contributed by atoms with E-state index in [0.29, 0.717) is 19.3 Å². The van der Waals surface area contributed by atoms with Crippen molar-refractivity contribution in [3.63, 3.8) is 0 Å². The Morgan fingerprint density at radius 1 is 0.905 bits per heavy atom. The number of fused-ring (bicyclic) bond motifs is 7. The van der Waals surface area contributed by atoms with E-state index < -0.39 is 22.9 Å². The monoisotopic (exact) mass is 588 g/mol. The van der Waals surface area contributed by atoms with Gasteiger partial charge in [0.1, 0.15) is 18.8 Å². The normalized spacial score (nSPS) is 47.5. The highest BCUT2D eigenvalue weighted by molar-refractivity contribution is 5.76. The zero-order chi connectivity index (χ0) is 31.1. The van der Waals surface area contributed by atoms with Crippen LogP contribution in [0.2, 0.25) is 0 Å². The van der Waals surface area contributed by atoms with Crippen molar-refractivity contribution in [1.82, 2.24) is 0 Å². The molecule has 4 fully saturated rings. The number of esters is 2. The Bertz CT molecular complexity index is 1180. The van der Waals surface area contributed by atoms with Crippen molar-refractivity contribution in [3.05, 3.63) is 11.6 Å². The summed E-state index contributed by atoms with van der Waals surface area (Å²) >= 11 is 0. The van der Waals surface area contributed by atoms with Gasteiger partial charge in [0.2, 0.25) is 0 Å². The van der Waals surface area contributed by atoms with E-state index in [9.17, 15) is 24.7 Å². The summed E-state index contributed by atoms with van der Waals surface area (Å²) in [4.78, 5) is 42.5. The lowest BCUT2D eigenvalue weighted by molar-refractivity contribution is -0.324. The van der Waals surface area contributed by atoms with Crippen LogP contribution in [0.4, 0.5) is 0 Å². The molecule has 5 aliphatic rings. The van der Waals surface area contributed by atoms with Crippen molar-refractivity contribution in [3.8, 4) is 0 Å². The lowest BCUT2D eigenvalue weighted by atomic mass is 9.33. The van der Waals surface area contributed by atoms with Crippen LogP contribution in [0.1, 0.15) is 113 Å². The Hall–Kier alpha value is -1.93. The summed E-state index contributed by atoms with van der Waals surface area (Å²) < 4.78 is 11.5. The van der Waals surface area contributed by atoms with Crippen LogP contribution in [0.3, 0.4) is 0 Å². The Morgan fingerprint density at radius 3 is 2.17 bits per heavy atom. The van der Waals surface area contributed by atoms with Crippen LogP contribution < -0.4 is 0 Å².